The van der Waals surface area contributed by atoms with Gasteiger partial charge in [0.1, 0.15) is 11.8 Å². The molecule has 0 aliphatic rings. The molecular formula is C11H13N5O4. The van der Waals surface area contributed by atoms with Gasteiger partial charge in [0.15, 0.2) is 5.82 Å². The molecule has 0 fully saturated rings. The first-order valence-corrected chi connectivity index (χ1v) is 5.66. The number of anilines is 1. The van der Waals surface area contributed by atoms with Gasteiger partial charge in [0.05, 0.1) is 13.7 Å². The largest absolute Gasteiger partial charge is 0.479 e. The van der Waals surface area contributed by atoms with Crippen LogP contribution in [0.4, 0.5) is 5.82 Å². The number of aryl methyl sites for hydroxylation is 1. The highest BCUT2D eigenvalue weighted by Crippen LogP contribution is 2.14. The van der Waals surface area contributed by atoms with Crippen molar-refractivity contribution in [1.29, 1.82) is 0 Å². The molecule has 0 saturated carbocycles. The van der Waals surface area contributed by atoms with Crippen LogP contribution in [0.25, 0.3) is 0 Å². The van der Waals surface area contributed by atoms with E-state index >= 15 is 0 Å². The van der Waals surface area contributed by atoms with Gasteiger partial charge in [-0.25, -0.2) is 0 Å². The number of nitrogens with zero attached hydrogens (tertiary/aromatic N) is 3. The molecule has 2 rings (SSSR count). The predicted octanol–water partition coefficient (Wildman–Crippen LogP) is -0.215. The maximum Gasteiger partial charge on any atom is 0.258 e. The van der Waals surface area contributed by atoms with Gasteiger partial charge in [-0.2, -0.15) is 0 Å². The monoisotopic (exact) mass is 279 g/mol. The lowest BCUT2D eigenvalue weighted by atomic mass is 10.3. The van der Waals surface area contributed by atoms with Gasteiger partial charge >= 0.3 is 0 Å². The molecule has 0 radical (unpaired) electrons. The Morgan fingerprint density at radius 1 is 1.50 bits per heavy atom. The van der Waals surface area contributed by atoms with Crippen LogP contribution in [0.1, 0.15) is 10.4 Å². The van der Waals surface area contributed by atoms with Crippen LogP contribution >= 0.6 is 0 Å². The quantitative estimate of drug-likeness (QED) is 0.783. The topological polar surface area (TPSA) is 111 Å². The molecule has 2 aromatic heterocycles. The smallest absolute Gasteiger partial charge is 0.258 e. The average molecular weight is 279 g/mol. The van der Waals surface area contributed by atoms with E-state index in [-0.39, 0.29) is 23.8 Å². The Hall–Kier alpha value is -2.84. The van der Waals surface area contributed by atoms with Gasteiger partial charge in [-0.05, 0) is 0 Å². The third-order valence-corrected chi connectivity index (χ3v) is 2.35. The van der Waals surface area contributed by atoms with E-state index in [2.05, 4.69) is 25.4 Å². The summed E-state index contributed by atoms with van der Waals surface area (Å²) >= 11 is 0. The molecular weight excluding hydrogens is 266 g/mol. The number of carbonyl (C=O) groups excluding carboxylic acids is 2. The molecule has 0 bridgehead atoms. The summed E-state index contributed by atoms with van der Waals surface area (Å²) in [6, 6.07) is 1.49. The first kappa shape index (κ1) is 13.6. The summed E-state index contributed by atoms with van der Waals surface area (Å²) in [6.07, 6.45) is 2.83. The minimum atomic E-state index is -0.453. The highest BCUT2D eigenvalue weighted by atomic mass is 16.5. The summed E-state index contributed by atoms with van der Waals surface area (Å²) in [5, 5.41) is 12.4. The van der Waals surface area contributed by atoms with Crippen LogP contribution in [0, 0.1) is 0 Å². The third-order valence-electron chi connectivity index (χ3n) is 2.35. The molecule has 20 heavy (non-hydrogen) atoms. The van der Waals surface area contributed by atoms with Crippen molar-refractivity contribution in [2.45, 2.75) is 0 Å². The first-order valence-electron chi connectivity index (χ1n) is 5.66. The van der Waals surface area contributed by atoms with E-state index in [9.17, 15) is 9.59 Å². The number of nitrogens with one attached hydrogen (secondary N) is 2. The Labute approximate surface area is 113 Å². The van der Waals surface area contributed by atoms with Crippen molar-refractivity contribution in [1.82, 2.24) is 20.3 Å². The van der Waals surface area contributed by atoms with E-state index in [1.165, 1.54) is 30.3 Å². The highest BCUT2D eigenvalue weighted by molar-refractivity contribution is 6.00. The molecule has 9 nitrogen and oxygen atoms in total. The number of hydrogen-bond donors (Lipinski definition) is 2. The second-order valence-electron chi connectivity index (χ2n) is 3.84. The number of hydrogen-bond acceptors (Lipinski definition) is 6. The van der Waals surface area contributed by atoms with E-state index in [0.717, 1.165) is 0 Å². The minimum Gasteiger partial charge on any atom is -0.479 e. The molecule has 2 heterocycles. The number of aromatic nitrogens is 3. The Morgan fingerprint density at radius 2 is 2.30 bits per heavy atom. The molecule has 2 amide bonds. The molecule has 0 aromatic carbocycles. The Kier molecular flexibility index (Phi) is 3.99. The van der Waals surface area contributed by atoms with Crippen molar-refractivity contribution in [3.63, 3.8) is 0 Å². The van der Waals surface area contributed by atoms with E-state index in [4.69, 9.17) is 4.74 Å². The number of rotatable bonds is 5. The Balaban J connectivity index is 1.90. The zero-order valence-corrected chi connectivity index (χ0v) is 10.9. The summed E-state index contributed by atoms with van der Waals surface area (Å²) in [7, 11) is 3.08. The molecule has 0 atom stereocenters. The van der Waals surface area contributed by atoms with Crippen molar-refractivity contribution in [2.75, 3.05) is 19.0 Å². The van der Waals surface area contributed by atoms with E-state index in [1.54, 1.807) is 7.05 Å². The van der Waals surface area contributed by atoms with Gasteiger partial charge in [-0.15, -0.1) is 5.10 Å². The van der Waals surface area contributed by atoms with E-state index < -0.39 is 11.8 Å². The zero-order chi connectivity index (χ0) is 14.5. The second-order valence-corrected chi connectivity index (χ2v) is 3.84. The number of methoxy groups -OCH3 is 1. The number of carbonyl (C=O) groups is 2. The molecule has 2 aromatic rings. The summed E-state index contributed by atoms with van der Waals surface area (Å²) < 4.78 is 11.0. The third kappa shape index (κ3) is 3.13. The lowest BCUT2D eigenvalue weighted by Gasteiger charge is -2.04. The molecule has 0 aliphatic carbocycles. The lowest BCUT2D eigenvalue weighted by molar-refractivity contribution is -0.115. The molecule has 0 spiro atoms. The SMILES string of the molecule is COc1nn(C)cc1C(=O)NCC(=O)Nc1ccon1. The summed E-state index contributed by atoms with van der Waals surface area (Å²) in [5.74, 6) is -0.398. The van der Waals surface area contributed by atoms with Crippen LogP contribution in [0.5, 0.6) is 5.88 Å². The standard InChI is InChI=1S/C11H13N5O4/c1-16-6-7(11(14-16)19-2)10(18)12-5-9(17)13-8-3-4-20-15-8/h3-4,6H,5H2,1-2H3,(H,12,18)(H,13,15,17). The van der Waals surface area contributed by atoms with Crippen LogP contribution < -0.4 is 15.4 Å². The van der Waals surface area contributed by atoms with Crippen LogP contribution in [-0.4, -0.2) is 40.4 Å². The van der Waals surface area contributed by atoms with Gasteiger partial charge in [0.25, 0.3) is 5.91 Å². The molecule has 9 heteroatoms. The van der Waals surface area contributed by atoms with Crippen molar-refractivity contribution in [3.8, 4) is 5.88 Å². The zero-order valence-electron chi connectivity index (χ0n) is 10.9. The maximum atomic E-state index is 11.9. The van der Waals surface area contributed by atoms with Crippen molar-refractivity contribution in [3.05, 3.63) is 24.1 Å². The highest BCUT2D eigenvalue weighted by Gasteiger charge is 2.17. The molecule has 0 saturated heterocycles. The number of amides is 2. The van der Waals surface area contributed by atoms with Gasteiger partial charge in [-0.3, -0.25) is 14.3 Å². The molecule has 0 aliphatic heterocycles. The van der Waals surface area contributed by atoms with Crippen molar-refractivity contribution < 1.29 is 18.8 Å². The molecule has 0 unspecified atom stereocenters. The fourth-order valence-electron chi connectivity index (χ4n) is 1.49. The van der Waals surface area contributed by atoms with Gasteiger partial charge in [0.2, 0.25) is 11.8 Å². The summed E-state index contributed by atoms with van der Waals surface area (Å²) in [6.45, 7) is -0.205. The van der Waals surface area contributed by atoms with Crippen molar-refractivity contribution in [2.24, 2.45) is 7.05 Å². The number of ether oxygens (including phenoxy) is 1. The second kappa shape index (κ2) is 5.87. The van der Waals surface area contributed by atoms with E-state index in [1.807, 2.05) is 0 Å². The van der Waals surface area contributed by atoms with Crippen LogP contribution in [0.2, 0.25) is 0 Å². The van der Waals surface area contributed by atoms with Gasteiger partial charge in [-0.1, -0.05) is 5.16 Å². The Morgan fingerprint density at radius 3 is 2.95 bits per heavy atom. The lowest BCUT2D eigenvalue weighted by Crippen LogP contribution is -2.32. The first-order chi connectivity index (χ1) is 9.60. The summed E-state index contributed by atoms with van der Waals surface area (Å²) in [4.78, 5) is 23.4. The summed E-state index contributed by atoms with van der Waals surface area (Å²) in [5.41, 5.74) is 0.254. The van der Waals surface area contributed by atoms with Crippen LogP contribution in [-0.2, 0) is 11.8 Å². The van der Waals surface area contributed by atoms with Crippen LogP contribution in [0.3, 0.4) is 0 Å². The fourth-order valence-corrected chi connectivity index (χ4v) is 1.49. The maximum absolute atomic E-state index is 11.9. The average Bonchev–Trinajstić information content (AvgIpc) is 3.05. The van der Waals surface area contributed by atoms with Gasteiger partial charge < -0.3 is 19.9 Å². The molecule has 2 N–H and O–H groups in total. The van der Waals surface area contributed by atoms with E-state index in [0.29, 0.717) is 0 Å². The van der Waals surface area contributed by atoms with Crippen molar-refractivity contribution >= 4 is 17.6 Å². The normalized spacial score (nSPS) is 10.1. The predicted molar refractivity (Wildman–Crippen MR) is 67.2 cm³/mol. The fraction of sp³-hybridized carbons (Fsp3) is 0.273. The van der Waals surface area contributed by atoms with Gasteiger partial charge in [0, 0.05) is 19.3 Å². The Bertz CT molecular complexity index is 604. The van der Waals surface area contributed by atoms with Crippen LogP contribution in [0.15, 0.2) is 23.0 Å². The molecule has 106 valence electrons. The minimum absolute atomic E-state index is 0.196.